The molecule has 0 aliphatic carbocycles. The van der Waals surface area contributed by atoms with Gasteiger partial charge in [0.15, 0.2) is 0 Å². The van der Waals surface area contributed by atoms with E-state index in [0.29, 0.717) is 6.42 Å². The fourth-order valence-electron chi connectivity index (χ4n) is 0.960. The van der Waals surface area contributed by atoms with Crippen LogP contribution in [0.3, 0.4) is 0 Å². The number of unbranched alkanes of at least 4 members (excludes halogenated alkanes) is 2. The standard InChI is InChI=1S/C10H15NO3/c1-3-5-6-7-9(11-8-12)14-10(13)4-2/h4,9H,2-3,5-7H2,1H3. The first-order valence-electron chi connectivity index (χ1n) is 4.64. The highest BCUT2D eigenvalue weighted by Crippen LogP contribution is 2.07. The molecule has 0 aliphatic rings. The van der Waals surface area contributed by atoms with Crippen molar-refractivity contribution < 1.29 is 14.3 Å². The lowest BCUT2D eigenvalue weighted by atomic mass is 10.2. The van der Waals surface area contributed by atoms with E-state index < -0.39 is 12.2 Å². The molecule has 0 aliphatic heterocycles. The van der Waals surface area contributed by atoms with Gasteiger partial charge < -0.3 is 4.74 Å². The van der Waals surface area contributed by atoms with E-state index in [1.807, 2.05) is 0 Å². The van der Waals surface area contributed by atoms with Gasteiger partial charge in [0.25, 0.3) is 0 Å². The molecule has 0 aromatic carbocycles. The highest BCUT2D eigenvalue weighted by molar-refractivity contribution is 5.81. The van der Waals surface area contributed by atoms with Crippen molar-refractivity contribution in [3.05, 3.63) is 12.7 Å². The third kappa shape index (κ3) is 6.14. The van der Waals surface area contributed by atoms with Crippen LogP contribution in [-0.4, -0.2) is 18.3 Å². The first-order chi connectivity index (χ1) is 6.74. The Morgan fingerprint density at radius 2 is 2.36 bits per heavy atom. The number of isocyanates is 1. The third-order valence-corrected chi connectivity index (χ3v) is 1.67. The largest absolute Gasteiger partial charge is 0.436 e. The van der Waals surface area contributed by atoms with Gasteiger partial charge >= 0.3 is 5.97 Å². The summed E-state index contributed by atoms with van der Waals surface area (Å²) in [5.41, 5.74) is 0. The summed E-state index contributed by atoms with van der Waals surface area (Å²) in [5.74, 6) is -0.564. The van der Waals surface area contributed by atoms with Gasteiger partial charge in [-0.1, -0.05) is 26.3 Å². The van der Waals surface area contributed by atoms with Gasteiger partial charge in [0, 0.05) is 12.5 Å². The molecule has 0 heterocycles. The minimum Gasteiger partial charge on any atom is -0.436 e. The fourth-order valence-corrected chi connectivity index (χ4v) is 0.960. The molecule has 0 radical (unpaired) electrons. The lowest BCUT2D eigenvalue weighted by molar-refractivity contribution is -0.142. The molecule has 0 bridgehead atoms. The molecule has 0 spiro atoms. The summed E-state index contributed by atoms with van der Waals surface area (Å²) in [5, 5.41) is 0. The van der Waals surface area contributed by atoms with E-state index >= 15 is 0 Å². The molecule has 78 valence electrons. The van der Waals surface area contributed by atoms with Crippen LogP contribution in [0, 0.1) is 0 Å². The number of carbonyl (C=O) groups excluding carboxylic acids is 2. The molecule has 0 fully saturated rings. The zero-order valence-electron chi connectivity index (χ0n) is 8.36. The molecule has 0 amide bonds. The number of hydrogen-bond acceptors (Lipinski definition) is 4. The van der Waals surface area contributed by atoms with E-state index in [1.54, 1.807) is 0 Å². The first kappa shape index (κ1) is 12.6. The average Bonchev–Trinajstić information content (AvgIpc) is 2.18. The maximum atomic E-state index is 10.8. The lowest BCUT2D eigenvalue weighted by Gasteiger charge is -2.09. The number of carbonyl (C=O) groups is 1. The Morgan fingerprint density at radius 1 is 1.64 bits per heavy atom. The SMILES string of the molecule is C=CC(=O)OC(CCCCC)N=C=O. The summed E-state index contributed by atoms with van der Waals surface area (Å²) in [6, 6.07) is 0. The van der Waals surface area contributed by atoms with E-state index in [4.69, 9.17) is 4.74 Å². The van der Waals surface area contributed by atoms with Crippen molar-refractivity contribution in [1.82, 2.24) is 0 Å². The molecule has 4 heteroatoms. The Hall–Kier alpha value is -1.41. The normalized spacial score (nSPS) is 11.2. The second kappa shape index (κ2) is 8.20. The van der Waals surface area contributed by atoms with Crippen LogP contribution in [0.2, 0.25) is 0 Å². The molecular weight excluding hydrogens is 182 g/mol. The van der Waals surface area contributed by atoms with Crippen LogP contribution >= 0.6 is 0 Å². The summed E-state index contributed by atoms with van der Waals surface area (Å²) in [6.45, 7) is 5.32. The Balaban J connectivity index is 3.95. The molecule has 0 rings (SSSR count). The maximum absolute atomic E-state index is 10.8. The highest BCUT2D eigenvalue weighted by atomic mass is 16.6. The van der Waals surface area contributed by atoms with Gasteiger partial charge in [-0.05, 0) is 6.42 Å². The van der Waals surface area contributed by atoms with Crippen LogP contribution in [0.5, 0.6) is 0 Å². The van der Waals surface area contributed by atoms with Crippen molar-refractivity contribution in [1.29, 1.82) is 0 Å². The summed E-state index contributed by atoms with van der Waals surface area (Å²) >= 11 is 0. The van der Waals surface area contributed by atoms with Gasteiger partial charge in [-0.3, -0.25) is 0 Å². The second-order valence-electron chi connectivity index (χ2n) is 2.81. The quantitative estimate of drug-likeness (QED) is 0.206. The lowest BCUT2D eigenvalue weighted by Crippen LogP contribution is -2.14. The predicted molar refractivity (Wildman–Crippen MR) is 52.3 cm³/mol. The van der Waals surface area contributed by atoms with Crippen LogP contribution < -0.4 is 0 Å². The summed E-state index contributed by atoms with van der Waals surface area (Å²) in [4.78, 5) is 24.2. The molecule has 0 saturated carbocycles. The summed E-state index contributed by atoms with van der Waals surface area (Å²) < 4.78 is 4.80. The molecule has 1 unspecified atom stereocenters. The minimum absolute atomic E-state index is 0.558. The molecule has 0 aromatic heterocycles. The number of nitrogens with zero attached hydrogens (tertiary/aromatic N) is 1. The van der Waals surface area contributed by atoms with Crippen molar-refractivity contribution in [3.63, 3.8) is 0 Å². The van der Waals surface area contributed by atoms with Gasteiger partial charge in [-0.15, -0.1) is 0 Å². The van der Waals surface area contributed by atoms with Crippen LogP contribution in [0.15, 0.2) is 17.6 Å². The number of ether oxygens (including phenoxy) is 1. The van der Waals surface area contributed by atoms with Crippen LogP contribution in [0.1, 0.15) is 32.6 Å². The zero-order chi connectivity index (χ0) is 10.8. The smallest absolute Gasteiger partial charge is 0.332 e. The zero-order valence-corrected chi connectivity index (χ0v) is 8.36. The van der Waals surface area contributed by atoms with Crippen molar-refractivity contribution in [3.8, 4) is 0 Å². The molecule has 14 heavy (non-hydrogen) atoms. The monoisotopic (exact) mass is 197 g/mol. The topological polar surface area (TPSA) is 55.7 Å². The van der Waals surface area contributed by atoms with Crippen molar-refractivity contribution in [2.75, 3.05) is 0 Å². The van der Waals surface area contributed by atoms with Gasteiger partial charge in [-0.25, -0.2) is 9.59 Å². The third-order valence-electron chi connectivity index (χ3n) is 1.67. The van der Waals surface area contributed by atoms with Gasteiger partial charge in [0.05, 0.1) is 0 Å². The summed E-state index contributed by atoms with van der Waals surface area (Å²) in [6.07, 6.45) is 5.25. The Kier molecular flexibility index (Phi) is 7.37. The van der Waals surface area contributed by atoms with E-state index in [2.05, 4.69) is 18.5 Å². The van der Waals surface area contributed by atoms with E-state index in [-0.39, 0.29) is 0 Å². The summed E-state index contributed by atoms with van der Waals surface area (Å²) in [7, 11) is 0. The van der Waals surface area contributed by atoms with Crippen molar-refractivity contribution in [2.24, 2.45) is 4.99 Å². The molecule has 0 aromatic rings. The Morgan fingerprint density at radius 3 is 2.86 bits per heavy atom. The molecule has 4 nitrogen and oxygen atoms in total. The average molecular weight is 197 g/mol. The molecule has 0 saturated heterocycles. The van der Waals surface area contributed by atoms with Crippen LogP contribution in [-0.2, 0) is 14.3 Å². The fraction of sp³-hybridized carbons (Fsp3) is 0.600. The molecular formula is C10H15NO3. The van der Waals surface area contributed by atoms with E-state index in [0.717, 1.165) is 25.3 Å². The number of aliphatic imine (C=N–C) groups is 1. The second-order valence-corrected chi connectivity index (χ2v) is 2.81. The van der Waals surface area contributed by atoms with Crippen LogP contribution in [0.25, 0.3) is 0 Å². The predicted octanol–water partition coefficient (Wildman–Crippen LogP) is 1.96. The number of hydrogen-bond donors (Lipinski definition) is 0. The van der Waals surface area contributed by atoms with Gasteiger partial charge in [-0.2, -0.15) is 4.99 Å². The highest BCUT2D eigenvalue weighted by Gasteiger charge is 2.09. The van der Waals surface area contributed by atoms with Gasteiger partial charge in [0.2, 0.25) is 12.3 Å². The van der Waals surface area contributed by atoms with Crippen LogP contribution in [0.4, 0.5) is 0 Å². The Labute approximate surface area is 83.7 Å². The molecule has 0 N–H and O–H groups in total. The van der Waals surface area contributed by atoms with E-state index in [1.165, 1.54) is 6.08 Å². The van der Waals surface area contributed by atoms with Gasteiger partial charge in [0.1, 0.15) is 0 Å². The number of rotatable bonds is 7. The first-order valence-corrected chi connectivity index (χ1v) is 4.64. The minimum atomic E-state index is -0.704. The van der Waals surface area contributed by atoms with E-state index in [9.17, 15) is 9.59 Å². The van der Waals surface area contributed by atoms with Crippen molar-refractivity contribution in [2.45, 2.75) is 38.8 Å². The maximum Gasteiger partial charge on any atom is 0.332 e. The van der Waals surface area contributed by atoms with Crippen molar-refractivity contribution >= 4 is 12.0 Å². The number of esters is 1. The molecule has 1 atom stereocenters. The Bertz CT molecular complexity index is 232.